The van der Waals surface area contributed by atoms with Gasteiger partial charge in [0.2, 0.25) is 0 Å². The van der Waals surface area contributed by atoms with Gasteiger partial charge in [-0.15, -0.1) is 11.3 Å². The Morgan fingerprint density at radius 1 is 1.33 bits per heavy atom. The van der Waals surface area contributed by atoms with Crippen LogP contribution in [0.3, 0.4) is 0 Å². The van der Waals surface area contributed by atoms with E-state index >= 15 is 0 Å². The van der Waals surface area contributed by atoms with Crippen molar-refractivity contribution < 1.29 is 0 Å². The maximum absolute atomic E-state index is 4.35. The normalized spacial score (nSPS) is 10.9. The smallest absolute Gasteiger partial charge is 0.193 e. The van der Waals surface area contributed by atoms with Crippen molar-refractivity contribution in [3.8, 4) is 5.13 Å². The van der Waals surface area contributed by atoms with Gasteiger partial charge in [0.05, 0.1) is 5.52 Å². The molecule has 0 fully saturated rings. The summed E-state index contributed by atoms with van der Waals surface area (Å²) in [5.41, 5.74) is 2.38. The number of aromatic nitrogens is 2. The predicted octanol–water partition coefficient (Wildman–Crippen LogP) is 3.91. The second-order valence-corrected chi connectivity index (χ2v) is 5.07. The quantitative estimate of drug-likeness (QED) is 0.768. The van der Waals surface area contributed by atoms with E-state index in [1.807, 2.05) is 11.6 Å². The van der Waals surface area contributed by atoms with E-state index in [2.05, 4.69) is 52.3 Å². The van der Waals surface area contributed by atoms with E-state index < -0.39 is 0 Å². The number of nitrogens with one attached hydrogen (secondary N) is 1. The lowest BCUT2D eigenvalue weighted by molar-refractivity contribution is 0.980. The lowest BCUT2D eigenvalue weighted by atomic mass is 10.2. The third-order valence-corrected chi connectivity index (χ3v) is 3.67. The zero-order chi connectivity index (χ0) is 12.4. The van der Waals surface area contributed by atoms with Crippen molar-refractivity contribution in [1.82, 2.24) is 9.55 Å². The zero-order valence-corrected chi connectivity index (χ0v) is 11.1. The summed E-state index contributed by atoms with van der Waals surface area (Å²) in [4.78, 5) is 4.35. The summed E-state index contributed by atoms with van der Waals surface area (Å²) in [5, 5.41) is 7.66. The third kappa shape index (κ3) is 1.99. The van der Waals surface area contributed by atoms with Crippen molar-refractivity contribution in [2.45, 2.75) is 13.3 Å². The number of hydrogen-bond donors (Lipinski definition) is 1. The largest absolute Gasteiger partial charge is 0.385 e. The minimum absolute atomic E-state index is 1.01. The highest BCUT2D eigenvalue weighted by Gasteiger charge is 2.05. The molecule has 0 aliphatic heterocycles. The van der Waals surface area contributed by atoms with Gasteiger partial charge in [-0.05, 0) is 30.7 Å². The van der Waals surface area contributed by atoms with Crippen LogP contribution < -0.4 is 5.32 Å². The lowest BCUT2D eigenvalue weighted by Crippen LogP contribution is -1.99. The van der Waals surface area contributed by atoms with Gasteiger partial charge in [-0.1, -0.05) is 6.92 Å². The van der Waals surface area contributed by atoms with Crippen LogP contribution >= 0.6 is 11.3 Å². The molecule has 0 spiro atoms. The van der Waals surface area contributed by atoms with Crippen LogP contribution in [0.4, 0.5) is 5.69 Å². The number of rotatable bonds is 4. The Morgan fingerprint density at radius 2 is 2.28 bits per heavy atom. The van der Waals surface area contributed by atoms with Gasteiger partial charge in [-0.25, -0.2) is 4.98 Å². The highest BCUT2D eigenvalue weighted by Crippen LogP contribution is 2.24. The van der Waals surface area contributed by atoms with Crippen molar-refractivity contribution in [2.24, 2.45) is 0 Å². The molecule has 0 amide bonds. The molecule has 2 heterocycles. The van der Waals surface area contributed by atoms with Crippen LogP contribution in [0, 0.1) is 0 Å². The molecule has 3 rings (SSSR count). The van der Waals surface area contributed by atoms with Crippen LogP contribution in [0.1, 0.15) is 13.3 Å². The first-order chi connectivity index (χ1) is 8.88. The Kier molecular flexibility index (Phi) is 3.02. The molecule has 3 nitrogen and oxygen atoms in total. The number of benzene rings is 1. The summed E-state index contributed by atoms with van der Waals surface area (Å²) in [6, 6.07) is 8.60. The van der Waals surface area contributed by atoms with Crippen molar-refractivity contribution in [3.63, 3.8) is 0 Å². The van der Waals surface area contributed by atoms with E-state index in [4.69, 9.17) is 0 Å². The summed E-state index contributed by atoms with van der Waals surface area (Å²) in [6.07, 6.45) is 5.05. The highest BCUT2D eigenvalue weighted by molar-refractivity contribution is 7.12. The first-order valence-electron chi connectivity index (χ1n) is 6.13. The molecule has 0 aliphatic carbocycles. The Hall–Kier alpha value is -1.81. The Balaban J connectivity index is 2.00. The minimum Gasteiger partial charge on any atom is -0.385 e. The zero-order valence-electron chi connectivity index (χ0n) is 10.3. The van der Waals surface area contributed by atoms with Gasteiger partial charge in [0.25, 0.3) is 0 Å². The van der Waals surface area contributed by atoms with Crippen LogP contribution in [0.25, 0.3) is 16.0 Å². The van der Waals surface area contributed by atoms with Gasteiger partial charge >= 0.3 is 0 Å². The molecule has 0 radical (unpaired) electrons. The predicted molar refractivity (Wildman–Crippen MR) is 77.7 cm³/mol. The molecule has 4 heteroatoms. The first-order valence-corrected chi connectivity index (χ1v) is 7.01. The standard InChI is InChI=1S/C14H15N3S/c1-2-6-15-12-3-4-13-11(10-12)5-8-17(13)14-16-7-9-18-14/h3-5,7-10,15H,2,6H2,1H3. The number of fused-ring (bicyclic) bond motifs is 1. The first kappa shape index (κ1) is 11.3. The maximum atomic E-state index is 4.35. The topological polar surface area (TPSA) is 29.9 Å². The summed E-state index contributed by atoms with van der Waals surface area (Å²) < 4.78 is 2.13. The van der Waals surface area contributed by atoms with E-state index in [-0.39, 0.29) is 0 Å². The molecule has 1 aromatic carbocycles. The molecule has 0 bridgehead atoms. The van der Waals surface area contributed by atoms with Crippen LogP contribution in [0.2, 0.25) is 0 Å². The molecule has 0 saturated carbocycles. The lowest BCUT2D eigenvalue weighted by Gasteiger charge is -2.05. The Labute approximate surface area is 110 Å². The molecular formula is C14H15N3S. The SMILES string of the molecule is CCCNc1ccc2c(ccn2-c2nccs2)c1. The minimum atomic E-state index is 1.01. The number of thiazole rings is 1. The molecule has 2 aromatic heterocycles. The van der Waals surface area contributed by atoms with E-state index in [0.717, 1.165) is 18.1 Å². The summed E-state index contributed by atoms with van der Waals surface area (Å²) in [7, 11) is 0. The average molecular weight is 257 g/mol. The maximum Gasteiger partial charge on any atom is 0.193 e. The van der Waals surface area contributed by atoms with Gasteiger partial charge in [0.15, 0.2) is 5.13 Å². The van der Waals surface area contributed by atoms with E-state index in [1.54, 1.807) is 11.3 Å². The summed E-state index contributed by atoms with van der Waals surface area (Å²) in [5.74, 6) is 0. The van der Waals surface area contributed by atoms with Gasteiger partial charge in [-0.3, -0.25) is 4.57 Å². The van der Waals surface area contributed by atoms with Gasteiger partial charge < -0.3 is 5.32 Å². The average Bonchev–Trinajstić information content (AvgIpc) is 3.04. The Bertz CT molecular complexity index is 640. The van der Waals surface area contributed by atoms with Crippen molar-refractivity contribution in [3.05, 3.63) is 42.0 Å². The molecule has 0 unspecified atom stereocenters. The van der Waals surface area contributed by atoms with Gasteiger partial charge in [0, 0.05) is 35.4 Å². The van der Waals surface area contributed by atoms with Crippen molar-refractivity contribution in [2.75, 3.05) is 11.9 Å². The fourth-order valence-electron chi connectivity index (χ4n) is 2.02. The molecule has 3 aromatic rings. The molecule has 0 atom stereocenters. The van der Waals surface area contributed by atoms with Crippen molar-refractivity contribution in [1.29, 1.82) is 0 Å². The van der Waals surface area contributed by atoms with Crippen molar-refractivity contribution >= 4 is 27.9 Å². The summed E-state index contributed by atoms with van der Waals surface area (Å²) in [6.45, 7) is 3.18. The molecule has 92 valence electrons. The van der Waals surface area contributed by atoms with Crippen LogP contribution in [-0.2, 0) is 0 Å². The molecule has 18 heavy (non-hydrogen) atoms. The molecule has 0 aliphatic rings. The molecule has 1 N–H and O–H groups in total. The number of hydrogen-bond acceptors (Lipinski definition) is 3. The fraction of sp³-hybridized carbons (Fsp3) is 0.214. The van der Waals surface area contributed by atoms with Crippen LogP contribution in [0.15, 0.2) is 42.0 Å². The second-order valence-electron chi connectivity index (χ2n) is 4.20. The number of nitrogens with zero attached hydrogens (tertiary/aromatic N) is 2. The third-order valence-electron chi connectivity index (χ3n) is 2.89. The second kappa shape index (κ2) is 4.82. The molecular weight excluding hydrogens is 242 g/mol. The fourth-order valence-corrected chi connectivity index (χ4v) is 2.66. The molecule has 0 saturated heterocycles. The monoisotopic (exact) mass is 257 g/mol. The van der Waals surface area contributed by atoms with Crippen LogP contribution in [0.5, 0.6) is 0 Å². The van der Waals surface area contributed by atoms with E-state index in [0.29, 0.717) is 0 Å². The Morgan fingerprint density at radius 3 is 3.06 bits per heavy atom. The number of anilines is 1. The van der Waals surface area contributed by atoms with E-state index in [1.165, 1.54) is 16.6 Å². The highest BCUT2D eigenvalue weighted by atomic mass is 32.1. The van der Waals surface area contributed by atoms with Gasteiger partial charge in [0.1, 0.15) is 0 Å². The summed E-state index contributed by atoms with van der Waals surface area (Å²) >= 11 is 1.65. The van der Waals surface area contributed by atoms with Crippen LogP contribution in [-0.4, -0.2) is 16.1 Å². The van der Waals surface area contributed by atoms with Gasteiger partial charge in [-0.2, -0.15) is 0 Å². The van der Waals surface area contributed by atoms with E-state index in [9.17, 15) is 0 Å².